The van der Waals surface area contributed by atoms with Crippen LogP contribution in [0.15, 0.2) is 0 Å². The molecule has 6 nitrogen and oxygen atoms in total. The average Bonchev–Trinajstić information content (AvgIpc) is 2.06. The van der Waals surface area contributed by atoms with Crippen LogP contribution in [0.3, 0.4) is 0 Å². The summed E-state index contributed by atoms with van der Waals surface area (Å²) in [6, 6.07) is 0. The molecule has 0 aliphatic heterocycles. The quantitative estimate of drug-likeness (QED) is 0.397. The number of carbonyl (C=O) groups is 2. The van der Waals surface area contributed by atoms with Crippen molar-refractivity contribution in [2.75, 3.05) is 33.4 Å². The monoisotopic (exact) mass is 207 g/mol. The zero-order valence-corrected chi connectivity index (χ0v) is 8.45. The summed E-state index contributed by atoms with van der Waals surface area (Å²) in [5.41, 5.74) is 0. The maximum Gasteiger partial charge on any atom is 0.175 e. The van der Waals surface area contributed by atoms with Crippen LogP contribution in [0.2, 0.25) is 0 Å². The van der Waals surface area contributed by atoms with Gasteiger partial charge < -0.3 is 25.0 Å². The molecule has 0 aromatic carbocycles. The van der Waals surface area contributed by atoms with Crippen LogP contribution in [0.1, 0.15) is 6.92 Å². The topological polar surface area (TPSA) is 102 Å². The number of quaternary nitrogens is 1. The van der Waals surface area contributed by atoms with Crippen molar-refractivity contribution in [2.24, 2.45) is 0 Å². The van der Waals surface area contributed by atoms with E-state index in [0.717, 1.165) is 24.9 Å². The number of rotatable bonds is 5. The van der Waals surface area contributed by atoms with Crippen molar-refractivity contribution >= 4 is 11.8 Å². The van der Waals surface area contributed by atoms with Crippen molar-refractivity contribution in [3.8, 4) is 0 Å². The summed E-state index contributed by atoms with van der Waals surface area (Å²) in [6.07, 6.45) is 0. The van der Waals surface area contributed by atoms with Gasteiger partial charge in [-0.3, -0.25) is 4.79 Å². The van der Waals surface area contributed by atoms with E-state index in [1.165, 1.54) is 0 Å². The fourth-order valence-corrected chi connectivity index (χ4v) is 0.507. The summed E-state index contributed by atoms with van der Waals surface area (Å²) < 4.78 is 0. The van der Waals surface area contributed by atoms with Gasteiger partial charge in [0.1, 0.15) is 19.1 Å². The van der Waals surface area contributed by atoms with Gasteiger partial charge in [-0.05, 0) is 0 Å². The predicted octanol–water partition coefficient (Wildman–Crippen LogP) is -4.19. The van der Waals surface area contributed by atoms with Crippen molar-refractivity contribution in [3.63, 3.8) is 0 Å². The van der Waals surface area contributed by atoms with Gasteiger partial charge in [0.05, 0.1) is 20.3 Å². The number of hydrogen-bond donors (Lipinski definition) is 3. The number of aliphatic hydroxyl groups is 2. The lowest BCUT2D eigenvalue weighted by atomic mass is 10.5. The minimum Gasteiger partial charge on any atom is -0.542 e. The molecule has 3 N–H and O–H groups in total. The van der Waals surface area contributed by atoms with Crippen LogP contribution >= 0.6 is 0 Å². The number of carboxylic acids is 1. The van der Waals surface area contributed by atoms with Gasteiger partial charge in [-0.25, -0.2) is 0 Å². The minimum absolute atomic E-state index is 0.200. The van der Waals surface area contributed by atoms with Crippen LogP contribution in [0, 0.1) is 0 Å². The molecule has 84 valence electrons. The zero-order valence-electron chi connectivity index (χ0n) is 8.45. The van der Waals surface area contributed by atoms with Crippen molar-refractivity contribution in [2.45, 2.75) is 6.92 Å². The number of hydrogen-bond acceptors (Lipinski definition) is 5. The molecule has 0 amide bonds. The van der Waals surface area contributed by atoms with E-state index in [0.29, 0.717) is 0 Å². The second kappa shape index (κ2) is 10.1. The Balaban J connectivity index is 0. The average molecular weight is 207 g/mol. The van der Waals surface area contributed by atoms with Gasteiger partial charge in [0.15, 0.2) is 5.78 Å². The first-order valence-electron chi connectivity index (χ1n) is 4.20. The van der Waals surface area contributed by atoms with Gasteiger partial charge >= 0.3 is 0 Å². The highest BCUT2D eigenvalue weighted by molar-refractivity contribution is 6.30. The van der Waals surface area contributed by atoms with Gasteiger partial charge in [0.2, 0.25) is 0 Å². The molecular weight excluding hydrogens is 190 g/mol. The van der Waals surface area contributed by atoms with Gasteiger partial charge in [0.25, 0.3) is 0 Å². The summed E-state index contributed by atoms with van der Waals surface area (Å²) in [4.78, 5) is 19.9. The summed E-state index contributed by atoms with van der Waals surface area (Å²) in [5, 5.41) is 26.0. The molecule has 0 aliphatic rings. The smallest absolute Gasteiger partial charge is 0.175 e. The lowest BCUT2D eigenvalue weighted by molar-refractivity contribution is -0.880. The highest BCUT2D eigenvalue weighted by Gasteiger charge is 1.95. The Bertz CT molecular complexity index is 153. The normalized spacial score (nSPS) is 9.21. The molecule has 6 heteroatoms. The van der Waals surface area contributed by atoms with Gasteiger partial charge in [-0.1, -0.05) is 0 Å². The number of carbonyl (C=O) groups excluding carboxylic acids is 2. The van der Waals surface area contributed by atoms with E-state index >= 15 is 0 Å². The molecule has 0 heterocycles. The lowest BCUT2D eigenvalue weighted by Gasteiger charge is -2.08. The van der Waals surface area contributed by atoms with Crippen molar-refractivity contribution in [1.29, 1.82) is 0 Å². The van der Waals surface area contributed by atoms with Gasteiger partial charge in [-0.2, -0.15) is 0 Å². The third-order valence-corrected chi connectivity index (χ3v) is 1.36. The summed E-state index contributed by atoms with van der Waals surface area (Å²) in [6.45, 7) is 2.79. The van der Waals surface area contributed by atoms with E-state index in [-0.39, 0.29) is 13.2 Å². The second-order valence-corrected chi connectivity index (χ2v) is 2.75. The van der Waals surface area contributed by atoms with Crippen molar-refractivity contribution in [3.05, 3.63) is 0 Å². The van der Waals surface area contributed by atoms with Crippen LogP contribution in [-0.2, 0) is 9.59 Å². The van der Waals surface area contributed by atoms with Crippen LogP contribution in [0.25, 0.3) is 0 Å². The van der Waals surface area contributed by atoms with Crippen LogP contribution in [0.5, 0.6) is 0 Å². The number of Topliss-reactive ketones (excluding diaryl/α,β-unsaturated/α-hetero) is 1. The van der Waals surface area contributed by atoms with E-state index in [2.05, 4.69) is 0 Å². The third kappa shape index (κ3) is 13.6. The molecule has 0 saturated carbocycles. The molecule has 0 saturated heterocycles. The van der Waals surface area contributed by atoms with E-state index in [1.54, 1.807) is 0 Å². The molecule has 0 aromatic heterocycles. The molecule has 0 fully saturated rings. The Morgan fingerprint density at radius 3 is 1.64 bits per heavy atom. The zero-order chi connectivity index (χ0) is 11.6. The first kappa shape index (κ1) is 15.5. The fourth-order valence-electron chi connectivity index (χ4n) is 0.507. The van der Waals surface area contributed by atoms with Crippen molar-refractivity contribution < 1.29 is 29.8 Å². The summed E-state index contributed by atoms with van der Waals surface area (Å²) in [7, 11) is 1.94. The standard InChI is InChI=1S/C5H13NO2.C3H4O3/c1-6(2-4-7)3-5-8;1-2(4)3(5)6/h7-8H,2-5H2,1H3;1H3,(H,5,6). The Morgan fingerprint density at radius 1 is 1.21 bits per heavy atom. The van der Waals surface area contributed by atoms with E-state index in [1.807, 2.05) is 7.05 Å². The molecule has 14 heavy (non-hydrogen) atoms. The molecule has 0 aromatic rings. The number of aliphatic carboxylic acids is 1. The predicted molar refractivity (Wildman–Crippen MR) is 46.5 cm³/mol. The second-order valence-electron chi connectivity index (χ2n) is 2.75. The Morgan fingerprint density at radius 2 is 1.50 bits per heavy atom. The molecule has 0 radical (unpaired) electrons. The molecular formula is C8H17NO5. The summed E-state index contributed by atoms with van der Waals surface area (Å²) >= 11 is 0. The van der Waals surface area contributed by atoms with Gasteiger partial charge in [0, 0.05) is 6.92 Å². The maximum atomic E-state index is 9.48. The SMILES string of the molecule is CC(=O)C(=O)[O-].C[NH+](CCO)CCO. The minimum atomic E-state index is -1.63. The lowest BCUT2D eigenvalue weighted by Crippen LogP contribution is -3.10. The number of likely N-dealkylation sites (N-methyl/N-ethyl adjacent to an activating group) is 1. The molecule has 0 rings (SSSR count). The Labute approximate surface area is 82.8 Å². The maximum absolute atomic E-state index is 9.48. The molecule has 0 unspecified atom stereocenters. The van der Waals surface area contributed by atoms with Crippen LogP contribution < -0.4 is 10.0 Å². The number of nitrogens with one attached hydrogen (secondary N) is 1. The number of carboxylic acid groups (broad SMARTS) is 1. The largest absolute Gasteiger partial charge is 0.542 e. The first-order valence-corrected chi connectivity index (χ1v) is 4.20. The Hall–Kier alpha value is -0.980. The number of ketones is 1. The first-order chi connectivity index (χ1) is 6.45. The van der Waals surface area contributed by atoms with Crippen LogP contribution in [-0.4, -0.2) is 55.3 Å². The fraction of sp³-hybridized carbons (Fsp3) is 0.750. The highest BCUT2D eigenvalue weighted by Crippen LogP contribution is 1.56. The van der Waals surface area contributed by atoms with E-state index in [9.17, 15) is 14.7 Å². The summed E-state index contributed by atoms with van der Waals surface area (Å²) in [5.74, 6) is -2.56. The van der Waals surface area contributed by atoms with Gasteiger partial charge in [-0.15, -0.1) is 0 Å². The molecule has 0 bridgehead atoms. The molecule has 0 atom stereocenters. The Kier molecular flexibility index (Phi) is 11.2. The highest BCUT2D eigenvalue weighted by atomic mass is 16.4. The van der Waals surface area contributed by atoms with Crippen LogP contribution in [0.4, 0.5) is 0 Å². The molecule has 0 aliphatic carbocycles. The van der Waals surface area contributed by atoms with E-state index in [4.69, 9.17) is 10.2 Å². The van der Waals surface area contributed by atoms with Crippen molar-refractivity contribution in [1.82, 2.24) is 0 Å². The van der Waals surface area contributed by atoms with E-state index < -0.39 is 11.8 Å². The number of aliphatic hydroxyl groups excluding tert-OH is 2. The third-order valence-electron chi connectivity index (χ3n) is 1.36. The molecule has 0 spiro atoms.